The van der Waals surface area contributed by atoms with Crippen molar-refractivity contribution in [2.75, 3.05) is 5.32 Å². The summed E-state index contributed by atoms with van der Waals surface area (Å²) in [5.74, 6) is -0.383. The van der Waals surface area contributed by atoms with Crippen molar-refractivity contribution in [1.82, 2.24) is 0 Å². The van der Waals surface area contributed by atoms with Crippen molar-refractivity contribution in [2.45, 2.75) is 6.61 Å². The van der Waals surface area contributed by atoms with Crippen LogP contribution in [0.1, 0.15) is 11.1 Å². The van der Waals surface area contributed by atoms with E-state index in [9.17, 15) is 14.4 Å². The highest BCUT2D eigenvalue weighted by Gasteiger charge is 2.10. The fraction of sp³-hybridized carbons (Fsp3) is 0.0435. The number of nitrogens with one attached hydrogen (secondary N) is 1. The van der Waals surface area contributed by atoms with Crippen LogP contribution in [0.15, 0.2) is 78.4 Å². The Labute approximate surface area is 172 Å². The molecule has 0 radical (unpaired) electrons. The van der Waals surface area contributed by atoms with Gasteiger partial charge in [0.1, 0.15) is 29.8 Å². The number of halogens is 2. The first-order valence-electron chi connectivity index (χ1n) is 8.69. The second kappa shape index (κ2) is 9.54. The lowest BCUT2D eigenvalue weighted by atomic mass is 10.1. The summed E-state index contributed by atoms with van der Waals surface area (Å²) < 4.78 is 18.7. The number of carbonyl (C=O) groups is 1. The molecule has 1 N–H and O–H groups in total. The van der Waals surface area contributed by atoms with Gasteiger partial charge in [0.2, 0.25) is 0 Å². The van der Waals surface area contributed by atoms with Crippen molar-refractivity contribution in [1.29, 1.82) is 5.26 Å². The van der Waals surface area contributed by atoms with Gasteiger partial charge in [-0.05, 0) is 65.7 Å². The first-order valence-corrected chi connectivity index (χ1v) is 9.07. The Morgan fingerprint density at radius 1 is 1.10 bits per heavy atom. The van der Waals surface area contributed by atoms with Crippen LogP contribution in [0.25, 0.3) is 6.08 Å². The number of rotatable bonds is 6. The summed E-state index contributed by atoms with van der Waals surface area (Å²) in [6, 6.07) is 21.6. The summed E-state index contributed by atoms with van der Waals surface area (Å²) in [4.78, 5) is 12.3. The first kappa shape index (κ1) is 20.1. The molecule has 0 aliphatic carbocycles. The number of hydrogen-bond donors (Lipinski definition) is 1. The third-order valence-electron chi connectivity index (χ3n) is 3.96. The molecule has 0 fully saturated rings. The van der Waals surface area contributed by atoms with E-state index in [1.165, 1.54) is 30.3 Å². The molecule has 144 valence electrons. The van der Waals surface area contributed by atoms with Crippen molar-refractivity contribution in [3.05, 3.63) is 100 Å². The molecule has 0 aliphatic rings. The lowest BCUT2D eigenvalue weighted by Crippen LogP contribution is -2.13. The molecule has 4 nitrogen and oxygen atoms in total. The molecule has 0 saturated heterocycles. The fourth-order valence-corrected chi connectivity index (χ4v) is 2.61. The monoisotopic (exact) mass is 406 g/mol. The predicted molar refractivity (Wildman–Crippen MR) is 111 cm³/mol. The first-order chi connectivity index (χ1) is 14.0. The number of carbonyl (C=O) groups excluding carboxylic acids is 1. The molecule has 0 saturated carbocycles. The Morgan fingerprint density at radius 2 is 1.83 bits per heavy atom. The van der Waals surface area contributed by atoms with Crippen LogP contribution in [0, 0.1) is 17.1 Å². The molecular formula is C23H16ClFN2O2. The molecule has 6 heteroatoms. The molecule has 3 aromatic rings. The number of ether oxygens (including phenoxy) is 1. The maximum absolute atomic E-state index is 13.0. The number of hydrogen-bond acceptors (Lipinski definition) is 3. The van der Waals surface area contributed by atoms with E-state index in [2.05, 4.69) is 5.32 Å². The molecule has 0 unspecified atom stereocenters. The molecule has 0 aliphatic heterocycles. The molecular weight excluding hydrogens is 391 g/mol. The molecule has 1 amide bonds. The zero-order valence-corrected chi connectivity index (χ0v) is 16.0. The van der Waals surface area contributed by atoms with E-state index in [4.69, 9.17) is 16.3 Å². The lowest BCUT2D eigenvalue weighted by Gasteiger charge is -2.08. The predicted octanol–water partition coefficient (Wildman–Crippen LogP) is 5.60. The van der Waals surface area contributed by atoms with Crippen LogP contribution >= 0.6 is 11.6 Å². The van der Waals surface area contributed by atoms with E-state index in [1.54, 1.807) is 36.4 Å². The van der Waals surface area contributed by atoms with Gasteiger partial charge in [0, 0.05) is 10.7 Å². The molecule has 0 heterocycles. The molecule has 29 heavy (non-hydrogen) atoms. The van der Waals surface area contributed by atoms with Gasteiger partial charge in [0.25, 0.3) is 5.91 Å². The highest BCUT2D eigenvalue weighted by Crippen LogP contribution is 2.19. The molecule has 0 bridgehead atoms. The summed E-state index contributed by atoms with van der Waals surface area (Å²) in [6.07, 6.45) is 1.47. The summed E-state index contributed by atoms with van der Waals surface area (Å²) in [5.41, 5.74) is 1.93. The van der Waals surface area contributed by atoms with Crippen LogP contribution < -0.4 is 10.1 Å². The van der Waals surface area contributed by atoms with Gasteiger partial charge in [-0.25, -0.2) is 4.39 Å². The van der Waals surface area contributed by atoms with Crippen LogP contribution in [-0.4, -0.2) is 5.91 Å². The molecule has 0 spiro atoms. The Kier molecular flexibility index (Phi) is 6.62. The van der Waals surface area contributed by atoms with Crippen LogP contribution in [-0.2, 0) is 11.4 Å². The highest BCUT2D eigenvalue weighted by atomic mass is 35.5. The number of benzene rings is 3. The second-order valence-electron chi connectivity index (χ2n) is 6.12. The van der Waals surface area contributed by atoms with E-state index in [1.807, 2.05) is 18.2 Å². The van der Waals surface area contributed by atoms with Gasteiger partial charge in [0.15, 0.2) is 0 Å². The topological polar surface area (TPSA) is 62.1 Å². The lowest BCUT2D eigenvalue weighted by molar-refractivity contribution is -0.112. The Balaban J connectivity index is 1.69. The van der Waals surface area contributed by atoms with Crippen LogP contribution in [0.5, 0.6) is 5.75 Å². The van der Waals surface area contributed by atoms with Crippen molar-refractivity contribution < 1.29 is 13.9 Å². The number of amides is 1. The van der Waals surface area contributed by atoms with E-state index in [0.29, 0.717) is 28.6 Å². The van der Waals surface area contributed by atoms with Crippen LogP contribution in [0.2, 0.25) is 5.02 Å². The maximum atomic E-state index is 13.0. The third-order valence-corrected chi connectivity index (χ3v) is 4.21. The fourth-order valence-electron chi connectivity index (χ4n) is 2.49. The summed E-state index contributed by atoms with van der Waals surface area (Å²) in [6.45, 7) is 0.362. The zero-order chi connectivity index (χ0) is 20.6. The van der Waals surface area contributed by atoms with Crippen molar-refractivity contribution in [3.8, 4) is 11.8 Å². The van der Waals surface area contributed by atoms with Gasteiger partial charge in [-0.1, -0.05) is 35.9 Å². The van der Waals surface area contributed by atoms with Gasteiger partial charge in [-0.2, -0.15) is 5.26 Å². The van der Waals surface area contributed by atoms with E-state index in [-0.39, 0.29) is 5.57 Å². The third kappa shape index (κ3) is 5.93. The summed E-state index contributed by atoms with van der Waals surface area (Å²) in [5, 5.41) is 12.6. The van der Waals surface area contributed by atoms with Crippen molar-refractivity contribution in [2.24, 2.45) is 0 Å². The largest absolute Gasteiger partial charge is 0.489 e. The average Bonchev–Trinajstić information content (AvgIpc) is 2.73. The van der Waals surface area contributed by atoms with Crippen molar-refractivity contribution >= 4 is 29.3 Å². The Hall–Kier alpha value is -3.62. The number of anilines is 1. The molecule has 3 aromatic carbocycles. The second-order valence-corrected chi connectivity index (χ2v) is 6.55. The standard InChI is InChI=1S/C23H16ClFN2O2/c24-19-6-4-16(5-7-19)15-29-22-3-1-2-17(13-22)12-18(14-26)23(28)27-21-10-8-20(25)9-11-21/h1-13H,15H2,(H,27,28)/b18-12-. The number of nitriles is 1. The number of nitrogens with zero attached hydrogens (tertiary/aromatic N) is 1. The van der Waals surface area contributed by atoms with Crippen molar-refractivity contribution in [3.63, 3.8) is 0 Å². The average molecular weight is 407 g/mol. The van der Waals surface area contributed by atoms with E-state index in [0.717, 1.165) is 5.56 Å². The Morgan fingerprint density at radius 3 is 2.52 bits per heavy atom. The van der Waals surface area contributed by atoms with Gasteiger partial charge in [-0.3, -0.25) is 4.79 Å². The highest BCUT2D eigenvalue weighted by molar-refractivity contribution is 6.30. The van der Waals surface area contributed by atoms with Gasteiger partial charge in [0.05, 0.1) is 0 Å². The van der Waals surface area contributed by atoms with Gasteiger partial charge >= 0.3 is 0 Å². The van der Waals surface area contributed by atoms with E-state index >= 15 is 0 Å². The maximum Gasteiger partial charge on any atom is 0.266 e. The molecule has 0 aromatic heterocycles. The molecule has 0 atom stereocenters. The SMILES string of the molecule is N#C/C(=C/c1cccc(OCc2ccc(Cl)cc2)c1)C(=O)Nc1ccc(F)cc1. The van der Waals surface area contributed by atoms with Crippen LogP contribution in [0.4, 0.5) is 10.1 Å². The zero-order valence-electron chi connectivity index (χ0n) is 15.2. The normalized spacial score (nSPS) is 10.9. The van der Waals surface area contributed by atoms with E-state index < -0.39 is 11.7 Å². The summed E-state index contributed by atoms with van der Waals surface area (Å²) in [7, 11) is 0. The Bertz CT molecular complexity index is 1070. The minimum absolute atomic E-state index is 0.0795. The molecule has 3 rings (SSSR count). The smallest absolute Gasteiger partial charge is 0.266 e. The van der Waals surface area contributed by atoms with Crippen LogP contribution in [0.3, 0.4) is 0 Å². The van der Waals surface area contributed by atoms with Gasteiger partial charge in [-0.15, -0.1) is 0 Å². The van der Waals surface area contributed by atoms with Gasteiger partial charge < -0.3 is 10.1 Å². The minimum Gasteiger partial charge on any atom is -0.489 e. The quantitative estimate of drug-likeness (QED) is 0.428. The minimum atomic E-state index is -0.577. The summed E-state index contributed by atoms with van der Waals surface area (Å²) >= 11 is 5.87.